The number of carbonyl (C=O) groups is 1. The van der Waals surface area contributed by atoms with Crippen LogP contribution in [0.15, 0.2) is 58.7 Å². The minimum atomic E-state index is 0. The highest BCUT2D eigenvalue weighted by Gasteiger charge is 1.86. The molecule has 0 amide bonds. The molecule has 0 atom stereocenters. The van der Waals surface area contributed by atoms with Gasteiger partial charge in [-0.3, -0.25) is 19.5 Å². The highest BCUT2D eigenvalue weighted by molar-refractivity contribution is 7.07. The second kappa shape index (κ2) is 19.1. The van der Waals surface area contributed by atoms with E-state index in [0.717, 1.165) is 0 Å². The zero-order chi connectivity index (χ0) is 15.6. The van der Waals surface area contributed by atoms with Gasteiger partial charge in [-0.15, -0.1) is 22.7 Å². The molecule has 0 aromatic carbocycles. The molecule has 22 heavy (non-hydrogen) atoms. The molecule has 0 saturated heterocycles. The minimum Gasteiger partial charge on any atom is -0.368 e. The van der Waals surface area contributed by atoms with E-state index in [1.807, 2.05) is 49.1 Å². The molecule has 0 bridgehead atoms. The van der Waals surface area contributed by atoms with Crippen LogP contribution in [-0.2, 0) is 4.79 Å². The number of nitrogens with zero attached hydrogens (tertiary/aromatic N) is 2. The maximum absolute atomic E-state index is 10.2. The number of aromatic amines is 1. The number of H-pyrrole nitrogens is 1. The summed E-state index contributed by atoms with van der Waals surface area (Å²) in [6.45, 7) is 3.76. The molecule has 0 spiro atoms. The highest BCUT2D eigenvalue weighted by atomic mass is 32.1. The van der Waals surface area contributed by atoms with Crippen LogP contribution < -0.4 is 0 Å². The van der Waals surface area contributed by atoms with Crippen LogP contribution in [0.25, 0.3) is 0 Å². The number of ketones is 1. The zero-order valence-electron chi connectivity index (χ0n) is 12.7. The number of Topliss-reactive ketones (excluding diaryl/α,β-unsaturated/α-hetero) is 1. The van der Waals surface area contributed by atoms with Gasteiger partial charge in [0.15, 0.2) is 0 Å². The highest BCUT2D eigenvalue weighted by Crippen LogP contribution is 1.86. The average Bonchev–Trinajstić information content (AvgIpc) is 3.34. The van der Waals surface area contributed by atoms with Crippen LogP contribution in [0, 0.1) is 0 Å². The van der Waals surface area contributed by atoms with Gasteiger partial charge in [-0.25, -0.2) is 0 Å². The number of halogens is 1. The SMILES string of the molecule is CCC(=O)CC.F.c1cc[nH]c1.c1cscn1.c1cscn1. The largest absolute Gasteiger partial charge is 0.368 e. The summed E-state index contributed by atoms with van der Waals surface area (Å²) >= 11 is 3.20. The molecule has 0 aliphatic rings. The molecule has 0 radical (unpaired) electrons. The van der Waals surface area contributed by atoms with Crippen molar-refractivity contribution in [3.63, 3.8) is 0 Å². The molecule has 0 saturated carbocycles. The summed E-state index contributed by atoms with van der Waals surface area (Å²) < 4.78 is 0. The Morgan fingerprint density at radius 2 is 1.41 bits per heavy atom. The van der Waals surface area contributed by atoms with Crippen LogP contribution in [0.3, 0.4) is 0 Å². The van der Waals surface area contributed by atoms with E-state index < -0.39 is 0 Å². The lowest BCUT2D eigenvalue weighted by Crippen LogP contribution is -1.88. The predicted molar refractivity (Wildman–Crippen MR) is 93.1 cm³/mol. The Balaban J connectivity index is 0. The molecule has 3 heterocycles. The van der Waals surface area contributed by atoms with Crippen molar-refractivity contribution >= 4 is 28.5 Å². The number of hydrogen-bond acceptors (Lipinski definition) is 5. The van der Waals surface area contributed by atoms with E-state index in [1.54, 1.807) is 46.1 Å². The third-order valence-electron chi connectivity index (χ3n) is 1.98. The molecule has 3 aromatic heterocycles. The van der Waals surface area contributed by atoms with Crippen molar-refractivity contribution < 1.29 is 9.50 Å². The summed E-state index contributed by atoms with van der Waals surface area (Å²) in [6, 6.07) is 3.89. The lowest BCUT2D eigenvalue weighted by atomic mass is 10.3. The third-order valence-corrected chi connectivity index (χ3v) is 3.02. The Labute approximate surface area is 138 Å². The summed E-state index contributed by atoms with van der Waals surface area (Å²) in [5.41, 5.74) is 3.58. The van der Waals surface area contributed by atoms with E-state index in [9.17, 15) is 4.79 Å². The molecule has 0 unspecified atom stereocenters. The van der Waals surface area contributed by atoms with Gasteiger partial charge in [0.05, 0.1) is 11.0 Å². The van der Waals surface area contributed by atoms with E-state index >= 15 is 0 Å². The van der Waals surface area contributed by atoms with Gasteiger partial charge < -0.3 is 4.98 Å². The maximum Gasteiger partial charge on any atom is 0.132 e. The summed E-state index contributed by atoms with van der Waals surface area (Å²) in [6.07, 6.45) is 8.67. The first-order chi connectivity index (χ1) is 10.3. The standard InChI is InChI=1S/C5H10O.C4H5N.2C3H3NS.FH/c1-3-5(6)4-2;1-2-4-5-3-1;2*1-2-5-3-4-1;/h3-4H2,1-2H3;1-5H;2*1-3H;1H. The molecule has 0 fully saturated rings. The molecule has 3 rings (SSSR count). The molecular weight excluding hydrogens is 321 g/mol. The van der Waals surface area contributed by atoms with E-state index in [1.165, 1.54) is 0 Å². The van der Waals surface area contributed by atoms with Gasteiger partial charge in [0.25, 0.3) is 0 Å². The summed E-state index contributed by atoms with van der Waals surface area (Å²) in [5.74, 6) is 0.343. The second-order valence-corrected chi connectivity index (χ2v) is 4.99. The summed E-state index contributed by atoms with van der Waals surface area (Å²) in [5, 5.41) is 3.86. The fourth-order valence-electron chi connectivity index (χ4n) is 0.879. The van der Waals surface area contributed by atoms with Crippen LogP contribution in [0.5, 0.6) is 0 Å². The maximum atomic E-state index is 10.2. The van der Waals surface area contributed by atoms with Crippen molar-refractivity contribution in [3.8, 4) is 0 Å². The van der Waals surface area contributed by atoms with Crippen molar-refractivity contribution in [1.82, 2.24) is 15.0 Å². The average molecular weight is 343 g/mol. The smallest absolute Gasteiger partial charge is 0.132 e. The van der Waals surface area contributed by atoms with Gasteiger partial charge in [-0.1, -0.05) is 13.8 Å². The minimum absolute atomic E-state index is 0. The van der Waals surface area contributed by atoms with Gasteiger partial charge in [0.2, 0.25) is 0 Å². The lowest BCUT2D eigenvalue weighted by Gasteiger charge is -1.81. The first kappa shape index (κ1) is 22.4. The van der Waals surface area contributed by atoms with Crippen LogP contribution >= 0.6 is 22.7 Å². The quantitative estimate of drug-likeness (QED) is 0.725. The van der Waals surface area contributed by atoms with E-state index in [-0.39, 0.29) is 4.70 Å². The number of hydrogen-bond donors (Lipinski definition) is 1. The van der Waals surface area contributed by atoms with Crippen molar-refractivity contribution in [2.24, 2.45) is 0 Å². The normalized spacial score (nSPS) is 7.73. The van der Waals surface area contributed by atoms with Crippen LogP contribution in [0.1, 0.15) is 26.7 Å². The summed E-state index contributed by atoms with van der Waals surface area (Å²) in [7, 11) is 0. The number of carbonyl (C=O) groups excluding carboxylic acids is 1. The van der Waals surface area contributed by atoms with Gasteiger partial charge in [0, 0.05) is 48.4 Å². The Bertz CT molecular complexity index is 365. The number of aromatic nitrogens is 3. The number of thiazole rings is 2. The molecule has 0 aliphatic heterocycles. The fourth-order valence-corrected chi connectivity index (χ4v) is 1.58. The Kier molecular flexibility index (Phi) is 19.5. The van der Waals surface area contributed by atoms with Crippen LogP contribution in [-0.4, -0.2) is 20.7 Å². The van der Waals surface area contributed by atoms with Crippen LogP contribution in [0.2, 0.25) is 0 Å². The van der Waals surface area contributed by atoms with Gasteiger partial charge in [0.1, 0.15) is 5.78 Å². The number of rotatable bonds is 2. The molecular formula is C15H22FN3OS2. The third kappa shape index (κ3) is 18.1. The fraction of sp³-hybridized carbons (Fsp3) is 0.267. The number of nitrogens with one attached hydrogen (secondary N) is 1. The molecule has 4 nitrogen and oxygen atoms in total. The molecule has 0 aliphatic carbocycles. The van der Waals surface area contributed by atoms with Crippen molar-refractivity contribution in [2.75, 3.05) is 0 Å². The summed E-state index contributed by atoms with van der Waals surface area (Å²) in [4.78, 5) is 20.5. The van der Waals surface area contributed by atoms with Gasteiger partial charge >= 0.3 is 0 Å². The van der Waals surface area contributed by atoms with Crippen molar-refractivity contribution in [2.45, 2.75) is 26.7 Å². The van der Waals surface area contributed by atoms with E-state index in [2.05, 4.69) is 15.0 Å². The molecule has 7 heteroatoms. The first-order valence-electron chi connectivity index (χ1n) is 6.55. The Morgan fingerprint density at radius 1 is 0.955 bits per heavy atom. The second-order valence-electron chi connectivity index (χ2n) is 3.48. The van der Waals surface area contributed by atoms with Crippen molar-refractivity contribution in [1.29, 1.82) is 0 Å². The Hall–Kier alpha value is -1.86. The van der Waals surface area contributed by atoms with Crippen molar-refractivity contribution in [3.05, 3.63) is 58.7 Å². The molecule has 122 valence electrons. The van der Waals surface area contributed by atoms with E-state index in [4.69, 9.17) is 0 Å². The monoisotopic (exact) mass is 343 g/mol. The molecule has 3 aromatic rings. The van der Waals surface area contributed by atoms with Crippen LogP contribution in [0.4, 0.5) is 4.70 Å². The van der Waals surface area contributed by atoms with Gasteiger partial charge in [-0.05, 0) is 12.1 Å². The zero-order valence-corrected chi connectivity index (χ0v) is 14.3. The first-order valence-corrected chi connectivity index (χ1v) is 8.43. The topological polar surface area (TPSA) is 58.6 Å². The van der Waals surface area contributed by atoms with E-state index in [0.29, 0.717) is 18.6 Å². The van der Waals surface area contributed by atoms with Gasteiger partial charge in [-0.2, -0.15) is 0 Å². The lowest BCUT2D eigenvalue weighted by molar-refractivity contribution is -0.118. The molecule has 1 N–H and O–H groups in total. The Morgan fingerprint density at radius 3 is 1.50 bits per heavy atom. The predicted octanol–water partition coefficient (Wildman–Crippen LogP) is 4.83.